The van der Waals surface area contributed by atoms with Crippen molar-refractivity contribution < 1.29 is 24.2 Å². The molecule has 144 valence electrons. The topological polar surface area (TPSA) is 83.9 Å². The molecule has 1 aliphatic heterocycles. The van der Waals surface area contributed by atoms with Crippen molar-refractivity contribution in [3.05, 3.63) is 68.5 Å². The lowest BCUT2D eigenvalue weighted by atomic mass is 10.1. The standard InChI is InChI=1S/C20H16BrNO5S/c1-12-3-2-4-13(7-12)10-22-19(25)17(28-20(22)26)9-14-8-15(21)5-6-16(14)27-11-18(23)24/h2-9H,10-11H2,1H3,(H,23,24)/b17-9-. The summed E-state index contributed by atoms with van der Waals surface area (Å²) in [5.74, 6) is -1.18. The van der Waals surface area contributed by atoms with E-state index in [1.807, 2.05) is 31.2 Å². The van der Waals surface area contributed by atoms with Crippen molar-refractivity contribution in [2.45, 2.75) is 13.5 Å². The SMILES string of the molecule is Cc1cccc(CN2C(=O)S/C(=C\c3cc(Br)ccc3OCC(=O)O)C2=O)c1. The van der Waals surface area contributed by atoms with E-state index < -0.39 is 12.6 Å². The molecule has 1 N–H and O–H groups in total. The molecular weight excluding hydrogens is 446 g/mol. The smallest absolute Gasteiger partial charge is 0.341 e. The predicted octanol–water partition coefficient (Wildman–Crippen LogP) is 4.46. The lowest BCUT2D eigenvalue weighted by Crippen LogP contribution is -2.27. The summed E-state index contributed by atoms with van der Waals surface area (Å²) in [6, 6.07) is 12.6. The van der Waals surface area contributed by atoms with Crippen molar-refractivity contribution >= 4 is 50.9 Å². The van der Waals surface area contributed by atoms with Gasteiger partial charge < -0.3 is 9.84 Å². The number of ether oxygens (including phenoxy) is 1. The van der Waals surface area contributed by atoms with Gasteiger partial charge in [0.2, 0.25) is 0 Å². The van der Waals surface area contributed by atoms with Gasteiger partial charge in [-0.25, -0.2) is 4.79 Å². The number of hydrogen-bond donors (Lipinski definition) is 1. The Bertz CT molecular complexity index is 988. The number of carboxylic acid groups (broad SMARTS) is 1. The van der Waals surface area contributed by atoms with Crippen LogP contribution in [0.25, 0.3) is 6.08 Å². The number of carbonyl (C=O) groups excluding carboxylic acids is 2. The number of aryl methyl sites for hydroxylation is 1. The quantitative estimate of drug-likeness (QED) is 0.639. The van der Waals surface area contributed by atoms with E-state index in [0.717, 1.165) is 27.4 Å². The predicted molar refractivity (Wildman–Crippen MR) is 110 cm³/mol. The average Bonchev–Trinajstić information content (AvgIpc) is 2.88. The zero-order chi connectivity index (χ0) is 20.3. The van der Waals surface area contributed by atoms with Crippen LogP contribution in [0.1, 0.15) is 16.7 Å². The van der Waals surface area contributed by atoms with Gasteiger partial charge >= 0.3 is 5.97 Å². The Kier molecular flexibility index (Phi) is 6.21. The molecular formula is C20H16BrNO5S. The first-order chi connectivity index (χ1) is 13.3. The first-order valence-corrected chi connectivity index (χ1v) is 9.89. The summed E-state index contributed by atoms with van der Waals surface area (Å²) in [5, 5.41) is 8.47. The highest BCUT2D eigenvalue weighted by molar-refractivity contribution is 9.10. The first-order valence-electron chi connectivity index (χ1n) is 8.28. The zero-order valence-corrected chi connectivity index (χ0v) is 17.2. The maximum Gasteiger partial charge on any atom is 0.341 e. The summed E-state index contributed by atoms with van der Waals surface area (Å²) in [4.78, 5) is 37.3. The van der Waals surface area contributed by atoms with Gasteiger partial charge in [0.15, 0.2) is 6.61 Å². The molecule has 28 heavy (non-hydrogen) atoms. The molecule has 0 atom stereocenters. The van der Waals surface area contributed by atoms with E-state index in [1.165, 1.54) is 4.90 Å². The molecule has 0 bridgehead atoms. The number of carbonyl (C=O) groups is 3. The van der Waals surface area contributed by atoms with Gasteiger partial charge in [0, 0.05) is 10.0 Å². The third-order valence-corrected chi connectivity index (χ3v) is 5.31. The molecule has 0 spiro atoms. The number of rotatable bonds is 6. The minimum absolute atomic E-state index is 0.199. The summed E-state index contributed by atoms with van der Waals surface area (Å²) in [5.41, 5.74) is 2.43. The maximum atomic E-state index is 12.7. The van der Waals surface area contributed by atoms with Crippen LogP contribution in [-0.4, -0.2) is 33.7 Å². The van der Waals surface area contributed by atoms with Crippen LogP contribution in [-0.2, 0) is 16.1 Å². The Morgan fingerprint density at radius 3 is 2.75 bits per heavy atom. The lowest BCUT2D eigenvalue weighted by molar-refractivity contribution is -0.139. The molecule has 1 aliphatic rings. The van der Waals surface area contributed by atoms with Crippen LogP contribution in [0, 0.1) is 6.92 Å². The van der Waals surface area contributed by atoms with Crippen molar-refractivity contribution in [1.82, 2.24) is 4.90 Å². The number of benzene rings is 2. The Morgan fingerprint density at radius 2 is 2.04 bits per heavy atom. The van der Waals surface area contributed by atoms with Crippen molar-refractivity contribution in [2.24, 2.45) is 0 Å². The van der Waals surface area contributed by atoms with Gasteiger partial charge in [0.1, 0.15) is 5.75 Å². The molecule has 2 aromatic rings. The van der Waals surface area contributed by atoms with Gasteiger partial charge in [-0.3, -0.25) is 14.5 Å². The number of amides is 2. The van der Waals surface area contributed by atoms with Gasteiger partial charge in [-0.2, -0.15) is 0 Å². The number of hydrogen-bond acceptors (Lipinski definition) is 5. The van der Waals surface area contributed by atoms with E-state index in [1.54, 1.807) is 24.3 Å². The highest BCUT2D eigenvalue weighted by atomic mass is 79.9. The molecule has 0 saturated carbocycles. The third-order valence-electron chi connectivity index (χ3n) is 3.91. The molecule has 8 heteroatoms. The van der Waals surface area contributed by atoms with Crippen LogP contribution >= 0.6 is 27.7 Å². The molecule has 6 nitrogen and oxygen atoms in total. The Balaban J connectivity index is 1.85. The monoisotopic (exact) mass is 461 g/mol. The molecule has 0 unspecified atom stereocenters. The summed E-state index contributed by atoms with van der Waals surface area (Å²) in [7, 11) is 0. The van der Waals surface area contributed by atoms with Crippen LogP contribution in [0.5, 0.6) is 5.75 Å². The van der Waals surface area contributed by atoms with E-state index >= 15 is 0 Å². The number of halogens is 1. The minimum atomic E-state index is -1.10. The molecule has 1 fully saturated rings. The Morgan fingerprint density at radius 1 is 1.25 bits per heavy atom. The second kappa shape index (κ2) is 8.62. The largest absolute Gasteiger partial charge is 0.481 e. The number of nitrogens with zero attached hydrogens (tertiary/aromatic N) is 1. The van der Waals surface area contributed by atoms with Crippen LogP contribution in [0.3, 0.4) is 0 Å². The first kappa shape index (κ1) is 20.2. The molecule has 2 aromatic carbocycles. The lowest BCUT2D eigenvalue weighted by Gasteiger charge is -2.13. The normalized spacial score (nSPS) is 15.4. The molecule has 0 aromatic heterocycles. The van der Waals surface area contributed by atoms with E-state index in [9.17, 15) is 14.4 Å². The minimum Gasteiger partial charge on any atom is -0.481 e. The molecule has 2 amide bonds. The fraction of sp³-hybridized carbons (Fsp3) is 0.150. The van der Waals surface area contributed by atoms with Crippen LogP contribution in [0.4, 0.5) is 4.79 Å². The van der Waals surface area contributed by atoms with Crippen molar-refractivity contribution in [3.63, 3.8) is 0 Å². The molecule has 3 rings (SSSR count). The number of imide groups is 1. The van der Waals surface area contributed by atoms with Gasteiger partial charge in [-0.1, -0.05) is 45.8 Å². The summed E-state index contributed by atoms with van der Waals surface area (Å²) in [6.45, 7) is 1.64. The summed E-state index contributed by atoms with van der Waals surface area (Å²) < 4.78 is 6.01. The Hall–Kier alpha value is -2.58. The molecule has 0 radical (unpaired) electrons. The van der Waals surface area contributed by atoms with Crippen LogP contribution < -0.4 is 4.74 Å². The second-order valence-electron chi connectivity index (χ2n) is 6.12. The average molecular weight is 462 g/mol. The van der Waals surface area contributed by atoms with E-state index in [0.29, 0.717) is 11.3 Å². The van der Waals surface area contributed by atoms with Gasteiger partial charge in [0.25, 0.3) is 11.1 Å². The van der Waals surface area contributed by atoms with Crippen LogP contribution in [0.2, 0.25) is 0 Å². The summed E-state index contributed by atoms with van der Waals surface area (Å²) in [6.07, 6.45) is 1.54. The Labute approximate surface area is 174 Å². The third kappa shape index (κ3) is 4.82. The fourth-order valence-electron chi connectivity index (χ4n) is 2.67. The fourth-order valence-corrected chi connectivity index (χ4v) is 3.88. The number of aliphatic carboxylic acids is 1. The molecule has 0 aliphatic carbocycles. The number of thioether (sulfide) groups is 1. The van der Waals surface area contributed by atoms with Crippen molar-refractivity contribution in [3.8, 4) is 5.75 Å². The maximum absolute atomic E-state index is 12.7. The second-order valence-corrected chi connectivity index (χ2v) is 8.03. The molecule has 1 saturated heterocycles. The van der Waals surface area contributed by atoms with E-state index in [4.69, 9.17) is 9.84 Å². The van der Waals surface area contributed by atoms with Crippen molar-refractivity contribution in [1.29, 1.82) is 0 Å². The van der Waals surface area contributed by atoms with Gasteiger partial charge in [-0.15, -0.1) is 0 Å². The molecule has 1 heterocycles. The van der Waals surface area contributed by atoms with Crippen LogP contribution in [0.15, 0.2) is 51.8 Å². The van der Waals surface area contributed by atoms with E-state index in [-0.39, 0.29) is 22.6 Å². The van der Waals surface area contributed by atoms with Crippen molar-refractivity contribution in [2.75, 3.05) is 6.61 Å². The highest BCUT2D eigenvalue weighted by Gasteiger charge is 2.35. The highest BCUT2D eigenvalue weighted by Crippen LogP contribution is 2.35. The van der Waals surface area contributed by atoms with Gasteiger partial charge in [-0.05, 0) is 48.5 Å². The number of carboxylic acids is 1. The van der Waals surface area contributed by atoms with E-state index in [2.05, 4.69) is 15.9 Å². The summed E-state index contributed by atoms with van der Waals surface area (Å²) >= 11 is 4.20. The van der Waals surface area contributed by atoms with Gasteiger partial charge in [0.05, 0.1) is 11.4 Å². The zero-order valence-electron chi connectivity index (χ0n) is 14.8.